The molecule has 2 aromatic rings. The Bertz CT molecular complexity index is 979. The van der Waals surface area contributed by atoms with E-state index >= 15 is 0 Å². The van der Waals surface area contributed by atoms with Crippen molar-refractivity contribution in [3.05, 3.63) is 45.0 Å². The number of fused-ring (bicyclic) bond motifs is 1. The number of amides is 1. The zero-order valence-electron chi connectivity index (χ0n) is 16.5. The predicted octanol–water partition coefficient (Wildman–Crippen LogP) is 1.18. The van der Waals surface area contributed by atoms with Gasteiger partial charge in [-0.25, -0.2) is 0 Å². The number of hydrogen-bond donors (Lipinski definition) is 0. The number of carbonyl (C=O) groups excluding carboxylic acids is 1. The second kappa shape index (κ2) is 7.91. The van der Waals surface area contributed by atoms with Gasteiger partial charge in [-0.15, -0.1) is 0 Å². The van der Waals surface area contributed by atoms with Crippen LogP contribution < -0.4 is 11.1 Å². The highest BCUT2D eigenvalue weighted by Gasteiger charge is 2.28. The number of para-hydroxylation sites is 2. The largest absolute Gasteiger partial charge is 0.341 e. The molecule has 28 heavy (non-hydrogen) atoms. The van der Waals surface area contributed by atoms with E-state index in [1.807, 2.05) is 17.0 Å². The number of hydrogen-bond acceptors (Lipinski definition) is 4. The molecule has 150 valence electrons. The molecule has 2 fully saturated rings. The number of rotatable bonds is 3. The van der Waals surface area contributed by atoms with Crippen molar-refractivity contribution in [2.45, 2.75) is 44.7 Å². The van der Waals surface area contributed by atoms with E-state index in [4.69, 9.17) is 0 Å². The van der Waals surface area contributed by atoms with E-state index in [1.54, 1.807) is 19.2 Å². The van der Waals surface area contributed by atoms with Crippen molar-refractivity contribution < 1.29 is 4.79 Å². The first kappa shape index (κ1) is 18.9. The van der Waals surface area contributed by atoms with E-state index in [0.29, 0.717) is 17.1 Å². The van der Waals surface area contributed by atoms with Gasteiger partial charge in [0.2, 0.25) is 5.91 Å². The molecule has 0 spiro atoms. The molecular formula is C21H28N4O3. The fraction of sp³-hybridized carbons (Fsp3) is 0.571. The monoisotopic (exact) mass is 384 g/mol. The van der Waals surface area contributed by atoms with Crippen LogP contribution in [0.3, 0.4) is 0 Å². The summed E-state index contributed by atoms with van der Waals surface area (Å²) in [4.78, 5) is 42.1. The van der Waals surface area contributed by atoms with Crippen LogP contribution in [-0.2, 0) is 18.4 Å². The number of nitrogens with zero attached hydrogens (tertiary/aromatic N) is 4. The molecule has 2 aliphatic heterocycles. The Morgan fingerprint density at radius 3 is 2.25 bits per heavy atom. The number of benzene rings is 1. The Morgan fingerprint density at radius 2 is 1.57 bits per heavy atom. The first-order valence-electron chi connectivity index (χ1n) is 10.3. The average Bonchev–Trinajstić information content (AvgIpc) is 2.76. The van der Waals surface area contributed by atoms with Crippen LogP contribution >= 0.6 is 0 Å². The van der Waals surface area contributed by atoms with Crippen LogP contribution in [0.25, 0.3) is 11.0 Å². The molecule has 1 amide bonds. The molecule has 2 saturated heterocycles. The number of likely N-dealkylation sites (tertiary alicyclic amines) is 2. The van der Waals surface area contributed by atoms with E-state index in [2.05, 4.69) is 4.90 Å². The Balaban J connectivity index is 1.49. The van der Waals surface area contributed by atoms with Crippen LogP contribution in [-0.4, -0.2) is 57.1 Å². The minimum absolute atomic E-state index is 0.0796. The SMILES string of the molecule is Cn1c(=O)c(=O)n(CC(=O)N2CCC(N3CCCCC3)CC2)c2ccccc21. The van der Waals surface area contributed by atoms with E-state index in [-0.39, 0.29) is 12.5 Å². The fourth-order valence-corrected chi connectivity index (χ4v) is 4.61. The molecule has 0 bridgehead atoms. The van der Waals surface area contributed by atoms with Gasteiger partial charge in [0.1, 0.15) is 6.54 Å². The first-order chi connectivity index (χ1) is 13.6. The Morgan fingerprint density at radius 1 is 0.929 bits per heavy atom. The Labute approximate surface area is 164 Å². The Hall–Kier alpha value is -2.41. The van der Waals surface area contributed by atoms with Crippen molar-refractivity contribution in [3.63, 3.8) is 0 Å². The summed E-state index contributed by atoms with van der Waals surface area (Å²) in [5.41, 5.74) is 0.0305. The van der Waals surface area contributed by atoms with Crippen LogP contribution in [0.2, 0.25) is 0 Å². The lowest BCUT2D eigenvalue weighted by Crippen LogP contribution is -2.50. The van der Waals surface area contributed by atoms with Gasteiger partial charge in [-0.05, 0) is 50.9 Å². The van der Waals surface area contributed by atoms with Crippen molar-refractivity contribution in [2.24, 2.45) is 7.05 Å². The maximum Gasteiger partial charge on any atom is 0.317 e. The van der Waals surface area contributed by atoms with E-state index < -0.39 is 11.1 Å². The average molecular weight is 384 g/mol. The zero-order chi connectivity index (χ0) is 19.7. The topological polar surface area (TPSA) is 67.5 Å². The maximum atomic E-state index is 12.9. The molecule has 0 radical (unpaired) electrons. The standard InChI is InChI=1S/C21H28N4O3/c1-22-17-7-3-4-8-18(17)25(21(28)20(22)27)15-19(26)24-13-9-16(10-14-24)23-11-5-2-6-12-23/h3-4,7-8,16H,2,5-6,9-15H2,1H3. The number of aryl methyl sites for hydroxylation is 1. The highest BCUT2D eigenvalue weighted by atomic mass is 16.2. The van der Waals surface area contributed by atoms with E-state index in [9.17, 15) is 14.4 Å². The summed E-state index contributed by atoms with van der Waals surface area (Å²) in [5.74, 6) is -0.0856. The van der Waals surface area contributed by atoms with Crippen molar-refractivity contribution in [3.8, 4) is 0 Å². The lowest BCUT2D eigenvalue weighted by Gasteiger charge is -2.40. The van der Waals surface area contributed by atoms with Crippen LogP contribution in [0.5, 0.6) is 0 Å². The zero-order valence-corrected chi connectivity index (χ0v) is 16.5. The smallest absolute Gasteiger partial charge is 0.317 e. The minimum Gasteiger partial charge on any atom is -0.341 e. The summed E-state index contributed by atoms with van der Waals surface area (Å²) < 4.78 is 2.68. The number of piperidine rings is 2. The molecule has 7 nitrogen and oxygen atoms in total. The molecule has 1 aromatic heterocycles. The van der Waals surface area contributed by atoms with Gasteiger partial charge in [0.15, 0.2) is 0 Å². The predicted molar refractivity (Wildman–Crippen MR) is 108 cm³/mol. The molecule has 0 atom stereocenters. The summed E-state index contributed by atoms with van der Waals surface area (Å²) in [6.45, 7) is 3.71. The highest BCUT2D eigenvalue weighted by Crippen LogP contribution is 2.21. The first-order valence-corrected chi connectivity index (χ1v) is 10.3. The van der Waals surface area contributed by atoms with Crippen LogP contribution in [0.15, 0.2) is 33.9 Å². The number of aromatic nitrogens is 2. The molecule has 0 N–H and O–H groups in total. The quantitative estimate of drug-likeness (QED) is 0.746. The molecule has 0 unspecified atom stereocenters. The highest BCUT2D eigenvalue weighted by molar-refractivity contribution is 5.80. The Kier molecular flexibility index (Phi) is 5.35. The lowest BCUT2D eigenvalue weighted by molar-refractivity contribution is -0.133. The summed E-state index contributed by atoms with van der Waals surface area (Å²) in [5, 5.41) is 0. The van der Waals surface area contributed by atoms with Crippen LogP contribution in [0, 0.1) is 0 Å². The summed E-state index contributed by atoms with van der Waals surface area (Å²) in [6.07, 6.45) is 5.85. The molecule has 0 aliphatic carbocycles. The van der Waals surface area contributed by atoms with Gasteiger partial charge in [-0.3, -0.25) is 19.0 Å². The molecule has 4 rings (SSSR count). The second-order valence-electron chi connectivity index (χ2n) is 7.95. The van der Waals surface area contributed by atoms with Crippen LogP contribution in [0.4, 0.5) is 0 Å². The summed E-state index contributed by atoms with van der Waals surface area (Å²) in [6, 6.07) is 7.78. The fourth-order valence-electron chi connectivity index (χ4n) is 4.61. The third-order valence-corrected chi connectivity index (χ3v) is 6.28. The van der Waals surface area contributed by atoms with Gasteiger partial charge < -0.3 is 14.4 Å². The normalized spacial score (nSPS) is 19.2. The van der Waals surface area contributed by atoms with Gasteiger partial charge in [0.25, 0.3) is 0 Å². The molecule has 7 heteroatoms. The van der Waals surface area contributed by atoms with E-state index in [0.717, 1.165) is 25.9 Å². The molecular weight excluding hydrogens is 356 g/mol. The third kappa shape index (κ3) is 3.51. The van der Waals surface area contributed by atoms with Crippen molar-refractivity contribution in [1.82, 2.24) is 18.9 Å². The third-order valence-electron chi connectivity index (χ3n) is 6.28. The van der Waals surface area contributed by atoms with Crippen LogP contribution in [0.1, 0.15) is 32.1 Å². The number of carbonyl (C=O) groups is 1. The lowest BCUT2D eigenvalue weighted by atomic mass is 10.00. The molecule has 1 aromatic carbocycles. The molecule has 2 aliphatic rings. The minimum atomic E-state index is -0.641. The van der Waals surface area contributed by atoms with Gasteiger partial charge in [0.05, 0.1) is 11.0 Å². The molecule has 3 heterocycles. The van der Waals surface area contributed by atoms with Gasteiger partial charge >= 0.3 is 11.1 Å². The maximum absolute atomic E-state index is 12.9. The van der Waals surface area contributed by atoms with Gasteiger partial charge in [-0.1, -0.05) is 18.6 Å². The summed E-state index contributed by atoms with van der Waals surface area (Å²) >= 11 is 0. The van der Waals surface area contributed by atoms with Gasteiger partial charge in [0, 0.05) is 26.2 Å². The van der Waals surface area contributed by atoms with Crippen molar-refractivity contribution in [2.75, 3.05) is 26.2 Å². The summed E-state index contributed by atoms with van der Waals surface area (Å²) in [7, 11) is 1.59. The van der Waals surface area contributed by atoms with Crippen molar-refractivity contribution in [1.29, 1.82) is 0 Å². The second-order valence-corrected chi connectivity index (χ2v) is 7.95. The van der Waals surface area contributed by atoms with Gasteiger partial charge in [-0.2, -0.15) is 0 Å². The molecule has 0 saturated carbocycles. The van der Waals surface area contributed by atoms with E-state index in [1.165, 1.54) is 41.5 Å². The van der Waals surface area contributed by atoms with Crippen molar-refractivity contribution >= 4 is 16.9 Å².